The largest absolute Gasteiger partial charge is 0.456 e. The molecule has 0 aromatic heterocycles. The second-order valence-corrected chi connectivity index (χ2v) is 4.88. The summed E-state index contributed by atoms with van der Waals surface area (Å²) < 4.78 is 5.72. The zero-order valence-corrected chi connectivity index (χ0v) is 11.8. The number of rotatable bonds is 2. The molecule has 0 saturated heterocycles. The van der Waals surface area contributed by atoms with Gasteiger partial charge in [0.25, 0.3) is 0 Å². The van der Waals surface area contributed by atoms with Crippen molar-refractivity contribution in [1.82, 2.24) is 0 Å². The lowest BCUT2D eigenvalue weighted by Gasteiger charge is -2.10. The van der Waals surface area contributed by atoms with E-state index in [2.05, 4.69) is 0 Å². The van der Waals surface area contributed by atoms with Crippen molar-refractivity contribution in [3.63, 3.8) is 0 Å². The number of hydrogen-bond acceptors (Lipinski definition) is 3. The third-order valence-corrected chi connectivity index (χ3v) is 3.03. The van der Waals surface area contributed by atoms with Gasteiger partial charge in [-0.15, -0.1) is 0 Å². The number of nitriles is 2. The van der Waals surface area contributed by atoms with Gasteiger partial charge >= 0.3 is 0 Å². The minimum atomic E-state index is 0.241. The molecule has 0 N–H and O–H groups in total. The van der Waals surface area contributed by atoms with Gasteiger partial charge in [-0.25, -0.2) is 0 Å². The first-order chi connectivity index (χ1) is 9.53. The molecule has 4 heteroatoms. The molecule has 0 aliphatic rings. The Bertz CT molecular complexity index is 734. The first kappa shape index (κ1) is 13.9. The smallest absolute Gasteiger partial charge is 0.147 e. The van der Waals surface area contributed by atoms with E-state index < -0.39 is 0 Å². The van der Waals surface area contributed by atoms with Crippen molar-refractivity contribution in [1.29, 1.82) is 10.5 Å². The fourth-order valence-corrected chi connectivity index (χ4v) is 2.14. The SMILES string of the molecule is Cc1cc(C)cc(Oc2cc(C#N)c(C#N)cc2Cl)c1. The summed E-state index contributed by atoms with van der Waals surface area (Å²) >= 11 is 6.08. The summed E-state index contributed by atoms with van der Waals surface area (Å²) in [6.07, 6.45) is 0. The molecule has 2 rings (SSSR count). The summed E-state index contributed by atoms with van der Waals surface area (Å²) in [5, 5.41) is 18.3. The molecule has 0 atom stereocenters. The van der Waals surface area contributed by atoms with Gasteiger partial charge < -0.3 is 4.74 Å². The number of ether oxygens (including phenoxy) is 1. The first-order valence-corrected chi connectivity index (χ1v) is 6.31. The van der Waals surface area contributed by atoms with E-state index in [1.54, 1.807) is 0 Å². The minimum absolute atomic E-state index is 0.241. The molecule has 0 amide bonds. The molecule has 98 valence electrons. The van der Waals surface area contributed by atoms with Gasteiger partial charge in [-0.2, -0.15) is 10.5 Å². The predicted octanol–water partition coefficient (Wildman–Crippen LogP) is 4.49. The number of aryl methyl sites for hydroxylation is 2. The van der Waals surface area contributed by atoms with E-state index in [1.807, 2.05) is 44.2 Å². The topological polar surface area (TPSA) is 56.8 Å². The van der Waals surface area contributed by atoms with E-state index in [4.69, 9.17) is 26.9 Å². The average molecular weight is 283 g/mol. The molecule has 20 heavy (non-hydrogen) atoms. The quantitative estimate of drug-likeness (QED) is 0.815. The summed E-state index contributed by atoms with van der Waals surface area (Å²) in [7, 11) is 0. The van der Waals surface area contributed by atoms with Crippen molar-refractivity contribution in [2.45, 2.75) is 13.8 Å². The third-order valence-electron chi connectivity index (χ3n) is 2.74. The number of benzene rings is 2. The molecule has 0 aliphatic carbocycles. The Morgan fingerprint density at radius 1 is 0.900 bits per heavy atom. The number of halogens is 1. The molecular formula is C16H11ClN2O. The molecule has 0 heterocycles. The number of hydrogen-bond donors (Lipinski definition) is 0. The number of nitrogens with zero attached hydrogens (tertiary/aromatic N) is 2. The fraction of sp³-hybridized carbons (Fsp3) is 0.125. The fourth-order valence-electron chi connectivity index (χ4n) is 1.94. The second kappa shape index (κ2) is 5.65. The van der Waals surface area contributed by atoms with Crippen LogP contribution in [0.4, 0.5) is 0 Å². The highest BCUT2D eigenvalue weighted by atomic mass is 35.5. The van der Waals surface area contributed by atoms with Gasteiger partial charge in [-0.1, -0.05) is 17.7 Å². The zero-order chi connectivity index (χ0) is 14.7. The average Bonchev–Trinajstić information content (AvgIpc) is 2.39. The molecule has 3 nitrogen and oxygen atoms in total. The lowest BCUT2D eigenvalue weighted by atomic mass is 10.1. The van der Waals surface area contributed by atoms with Gasteiger partial charge in [0, 0.05) is 6.07 Å². The molecule has 0 bridgehead atoms. The summed E-state index contributed by atoms with van der Waals surface area (Å²) in [5.41, 5.74) is 2.64. The van der Waals surface area contributed by atoms with E-state index in [0.29, 0.717) is 16.5 Å². The van der Waals surface area contributed by atoms with Crippen LogP contribution in [0, 0.1) is 36.5 Å². The van der Waals surface area contributed by atoms with Crippen molar-refractivity contribution in [3.8, 4) is 23.6 Å². The summed E-state index contributed by atoms with van der Waals surface area (Å²) in [5.74, 6) is 1.02. The van der Waals surface area contributed by atoms with E-state index in [-0.39, 0.29) is 11.1 Å². The highest BCUT2D eigenvalue weighted by Crippen LogP contribution is 2.32. The van der Waals surface area contributed by atoms with E-state index in [1.165, 1.54) is 12.1 Å². The third kappa shape index (κ3) is 2.91. The maximum atomic E-state index is 9.02. The molecule has 0 aliphatic heterocycles. The zero-order valence-electron chi connectivity index (χ0n) is 11.1. The molecule has 0 fully saturated rings. The van der Waals surface area contributed by atoms with Crippen LogP contribution in [0.1, 0.15) is 22.3 Å². The highest BCUT2D eigenvalue weighted by molar-refractivity contribution is 6.32. The minimum Gasteiger partial charge on any atom is -0.456 e. The molecule has 2 aromatic carbocycles. The lowest BCUT2D eigenvalue weighted by molar-refractivity contribution is 0.482. The van der Waals surface area contributed by atoms with Crippen molar-refractivity contribution < 1.29 is 4.74 Å². The van der Waals surface area contributed by atoms with E-state index >= 15 is 0 Å². The van der Waals surface area contributed by atoms with Crippen LogP contribution in [0.2, 0.25) is 5.02 Å². The van der Waals surface area contributed by atoms with Gasteiger partial charge in [-0.05, 0) is 43.2 Å². The lowest BCUT2D eigenvalue weighted by Crippen LogP contribution is -1.91. The van der Waals surface area contributed by atoms with Crippen molar-refractivity contribution in [3.05, 3.63) is 57.6 Å². The van der Waals surface area contributed by atoms with Crippen LogP contribution in [-0.4, -0.2) is 0 Å². The summed E-state index contributed by atoms with van der Waals surface area (Å²) in [6.45, 7) is 3.95. The molecule has 0 saturated carbocycles. The molecule has 0 radical (unpaired) electrons. The molecule has 0 unspecified atom stereocenters. The van der Waals surface area contributed by atoms with Crippen LogP contribution in [0.25, 0.3) is 0 Å². The first-order valence-electron chi connectivity index (χ1n) is 5.93. The van der Waals surface area contributed by atoms with Gasteiger partial charge in [0.1, 0.15) is 23.6 Å². The van der Waals surface area contributed by atoms with Crippen LogP contribution in [0.5, 0.6) is 11.5 Å². The van der Waals surface area contributed by atoms with Crippen molar-refractivity contribution >= 4 is 11.6 Å². The molecular weight excluding hydrogens is 272 g/mol. The monoisotopic (exact) mass is 282 g/mol. The maximum Gasteiger partial charge on any atom is 0.147 e. The van der Waals surface area contributed by atoms with Crippen LogP contribution >= 0.6 is 11.6 Å². The maximum absolute atomic E-state index is 9.02. The second-order valence-electron chi connectivity index (χ2n) is 4.48. The van der Waals surface area contributed by atoms with Crippen LogP contribution in [-0.2, 0) is 0 Å². The van der Waals surface area contributed by atoms with Crippen molar-refractivity contribution in [2.75, 3.05) is 0 Å². The predicted molar refractivity (Wildman–Crippen MR) is 76.9 cm³/mol. The Balaban J connectivity index is 2.44. The van der Waals surface area contributed by atoms with Crippen molar-refractivity contribution in [2.24, 2.45) is 0 Å². The van der Waals surface area contributed by atoms with Gasteiger partial charge in [0.15, 0.2) is 0 Å². The van der Waals surface area contributed by atoms with Gasteiger partial charge in [0.2, 0.25) is 0 Å². The van der Waals surface area contributed by atoms with Gasteiger partial charge in [0.05, 0.1) is 16.1 Å². The van der Waals surface area contributed by atoms with Crippen LogP contribution in [0.3, 0.4) is 0 Å². The highest BCUT2D eigenvalue weighted by Gasteiger charge is 2.10. The normalized spacial score (nSPS) is 9.65. The van der Waals surface area contributed by atoms with E-state index in [0.717, 1.165) is 11.1 Å². The Morgan fingerprint density at radius 2 is 1.45 bits per heavy atom. The summed E-state index contributed by atoms with van der Waals surface area (Å²) in [4.78, 5) is 0. The molecule has 0 spiro atoms. The summed E-state index contributed by atoms with van der Waals surface area (Å²) in [6, 6.07) is 12.6. The Kier molecular flexibility index (Phi) is 3.94. The van der Waals surface area contributed by atoms with Crippen LogP contribution < -0.4 is 4.74 Å². The van der Waals surface area contributed by atoms with Gasteiger partial charge in [-0.3, -0.25) is 0 Å². The Morgan fingerprint density at radius 3 is 2.00 bits per heavy atom. The van der Waals surface area contributed by atoms with Crippen LogP contribution in [0.15, 0.2) is 30.3 Å². The Labute approximate surface area is 122 Å². The Hall–Kier alpha value is -2.49. The standard InChI is InChI=1S/C16H11ClN2O/c1-10-3-11(2)5-14(4-10)20-16-7-13(9-19)12(8-18)6-15(16)17/h3-7H,1-2H3. The van der Waals surface area contributed by atoms with E-state index in [9.17, 15) is 0 Å². The molecule has 2 aromatic rings.